The molecule has 3 heteroatoms. The number of rotatable bonds is 3. The van der Waals surface area contributed by atoms with E-state index in [4.69, 9.17) is 0 Å². The Bertz CT molecular complexity index is 90.4. The summed E-state index contributed by atoms with van der Waals surface area (Å²) >= 11 is 0. The van der Waals surface area contributed by atoms with Crippen LogP contribution >= 0.6 is 0 Å². The van der Waals surface area contributed by atoms with Crippen LogP contribution in [0.15, 0.2) is 4.99 Å². The Kier molecular flexibility index (Phi) is 3.84. The molecule has 0 bridgehead atoms. The summed E-state index contributed by atoms with van der Waals surface area (Å²) in [4.78, 5) is 15.1. The van der Waals surface area contributed by atoms with Gasteiger partial charge in [0.25, 0.3) is 0 Å². The minimum absolute atomic E-state index is 0.597. The van der Waals surface area contributed by atoms with Gasteiger partial charge in [0.2, 0.25) is 6.41 Å². The van der Waals surface area contributed by atoms with Gasteiger partial charge in [-0.1, -0.05) is 0 Å². The summed E-state index contributed by atoms with van der Waals surface area (Å²) in [5.74, 6) is 0. The Labute approximate surface area is 49.0 Å². The standard InChI is InChI=1S/C5H10N2O/c1-6-3-4-7(2)5-8/h3,5H,4H2,1-2H3. The summed E-state index contributed by atoms with van der Waals surface area (Å²) in [7, 11) is 3.38. The van der Waals surface area contributed by atoms with Crippen LogP contribution in [0.5, 0.6) is 0 Å². The molecule has 3 nitrogen and oxygen atoms in total. The van der Waals surface area contributed by atoms with Gasteiger partial charge in [-0.05, 0) is 0 Å². The van der Waals surface area contributed by atoms with E-state index in [0.717, 1.165) is 6.41 Å². The molecule has 0 saturated carbocycles. The van der Waals surface area contributed by atoms with Gasteiger partial charge in [0.05, 0.1) is 6.54 Å². The van der Waals surface area contributed by atoms with Gasteiger partial charge >= 0.3 is 0 Å². The maximum atomic E-state index is 9.87. The SMILES string of the molecule is CN=CCN(C)C=O. The van der Waals surface area contributed by atoms with E-state index in [9.17, 15) is 4.79 Å². The average Bonchev–Trinajstić information content (AvgIpc) is 1.83. The number of carbonyl (C=O) groups excluding carboxylic acids is 1. The minimum atomic E-state index is 0.597. The van der Waals surface area contributed by atoms with E-state index in [0.29, 0.717) is 6.54 Å². The van der Waals surface area contributed by atoms with E-state index in [1.165, 1.54) is 4.90 Å². The Hall–Kier alpha value is -0.860. The van der Waals surface area contributed by atoms with Gasteiger partial charge in [-0.3, -0.25) is 9.79 Å². The van der Waals surface area contributed by atoms with Crippen LogP contribution in [-0.2, 0) is 4.79 Å². The second-order valence-electron chi connectivity index (χ2n) is 1.49. The van der Waals surface area contributed by atoms with E-state index < -0.39 is 0 Å². The van der Waals surface area contributed by atoms with Crippen molar-refractivity contribution in [1.29, 1.82) is 0 Å². The third kappa shape index (κ3) is 3.33. The number of amides is 1. The molecule has 0 atom stereocenters. The molecule has 0 aliphatic carbocycles. The topological polar surface area (TPSA) is 32.7 Å². The van der Waals surface area contributed by atoms with Crippen LogP contribution in [0.25, 0.3) is 0 Å². The van der Waals surface area contributed by atoms with Crippen LogP contribution in [-0.4, -0.2) is 38.2 Å². The zero-order valence-corrected chi connectivity index (χ0v) is 5.16. The van der Waals surface area contributed by atoms with Gasteiger partial charge in [0.1, 0.15) is 0 Å². The van der Waals surface area contributed by atoms with Crippen molar-refractivity contribution in [3.05, 3.63) is 0 Å². The Morgan fingerprint density at radius 3 is 2.75 bits per heavy atom. The van der Waals surface area contributed by atoms with Gasteiger partial charge < -0.3 is 4.90 Å². The smallest absolute Gasteiger partial charge is 0.209 e. The zero-order valence-electron chi connectivity index (χ0n) is 5.16. The maximum Gasteiger partial charge on any atom is 0.209 e. The van der Waals surface area contributed by atoms with E-state index in [1.54, 1.807) is 20.3 Å². The molecule has 0 aromatic carbocycles. The quantitative estimate of drug-likeness (QED) is 0.368. The molecular weight excluding hydrogens is 104 g/mol. The third-order valence-corrected chi connectivity index (χ3v) is 0.732. The Morgan fingerprint density at radius 1 is 1.75 bits per heavy atom. The summed E-state index contributed by atoms with van der Waals surface area (Å²) in [6, 6.07) is 0. The molecule has 0 radical (unpaired) electrons. The Balaban J connectivity index is 3.23. The molecule has 0 rings (SSSR count). The first-order chi connectivity index (χ1) is 3.81. The number of carbonyl (C=O) groups is 1. The second kappa shape index (κ2) is 4.30. The molecule has 0 aromatic rings. The average molecular weight is 114 g/mol. The van der Waals surface area contributed by atoms with Crippen LogP contribution in [0.4, 0.5) is 0 Å². The first kappa shape index (κ1) is 7.14. The fourth-order valence-corrected chi connectivity index (χ4v) is 0.253. The molecule has 1 amide bonds. The highest BCUT2D eigenvalue weighted by Gasteiger charge is 1.83. The van der Waals surface area contributed by atoms with Crippen molar-refractivity contribution in [1.82, 2.24) is 4.90 Å². The summed E-state index contributed by atoms with van der Waals surface area (Å²) in [5, 5.41) is 0. The van der Waals surface area contributed by atoms with Gasteiger partial charge in [-0.15, -0.1) is 0 Å². The minimum Gasteiger partial charge on any atom is -0.343 e. The molecule has 0 unspecified atom stereocenters. The lowest BCUT2D eigenvalue weighted by atomic mass is 10.6. The first-order valence-corrected chi connectivity index (χ1v) is 2.37. The molecule has 0 saturated heterocycles. The monoisotopic (exact) mass is 114 g/mol. The fraction of sp³-hybridized carbons (Fsp3) is 0.600. The zero-order chi connectivity index (χ0) is 6.41. The van der Waals surface area contributed by atoms with E-state index in [1.807, 2.05) is 0 Å². The van der Waals surface area contributed by atoms with Crippen molar-refractivity contribution < 1.29 is 4.79 Å². The Morgan fingerprint density at radius 2 is 2.38 bits per heavy atom. The van der Waals surface area contributed by atoms with E-state index >= 15 is 0 Å². The third-order valence-electron chi connectivity index (χ3n) is 0.732. The molecule has 0 aliphatic rings. The highest BCUT2D eigenvalue weighted by Crippen LogP contribution is 1.67. The van der Waals surface area contributed by atoms with Gasteiger partial charge in [-0.2, -0.15) is 0 Å². The number of nitrogens with zero attached hydrogens (tertiary/aromatic N) is 2. The van der Waals surface area contributed by atoms with E-state index in [2.05, 4.69) is 4.99 Å². The first-order valence-electron chi connectivity index (χ1n) is 2.37. The second-order valence-corrected chi connectivity index (χ2v) is 1.49. The lowest BCUT2D eigenvalue weighted by molar-refractivity contribution is -0.116. The summed E-state index contributed by atoms with van der Waals surface area (Å²) in [6.45, 7) is 0.597. The summed E-state index contributed by atoms with van der Waals surface area (Å²) in [5.41, 5.74) is 0. The van der Waals surface area contributed by atoms with Crippen molar-refractivity contribution in [3.8, 4) is 0 Å². The van der Waals surface area contributed by atoms with Crippen molar-refractivity contribution in [2.45, 2.75) is 0 Å². The predicted octanol–water partition coefficient (Wildman–Crippen LogP) is -0.225. The van der Waals surface area contributed by atoms with Crippen molar-refractivity contribution >= 4 is 12.6 Å². The fourth-order valence-electron chi connectivity index (χ4n) is 0.253. The molecule has 8 heavy (non-hydrogen) atoms. The highest BCUT2D eigenvalue weighted by molar-refractivity contribution is 5.63. The molecule has 0 aromatic heterocycles. The molecule has 46 valence electrons. The normalized spacial score (nSPS) is 9.75. The van der Waals surface area contributed by atoms with Gasteiger partial charge in [-0.25, -0.2) is 0 Å². The van der Waals surface area contributed by atoms with Crippen LogP contribution in [0.3, 0.4) is 0 Å². The molecule has 0 heterocycles. The molecular formula is C5H10N2O. The molecule has 0 spiro atoms. The van der Waals surface area contributed by atoms with Crippen LogP contribution < -0.4 is 0 Å². The van der Waals surface area contributed by atoms with Crippen LogP contribution in [0.1, 0.15) is 0 Å². The lowest BCUT2D eigenvalue weighted by Crippen LogP contribution is -2.17. The summed E-state index contributed by atoms with van der Waals surface area (Å²) < 4.78 is 0. The molecule has 0 aliphatic heterocycles. The highest BCUT2D eigenvalue weighted by atomic mass is 16.1. The van der Waals surface area contributed by atoms with Crippen LogP contribution in [0.2, 0.25) is 0 Å². The molecule has 0 N–H and O–H groups in total. The predicted molar refractivity (Wildman–Crippen MR) is 33.1 cm³/mol. The van der Waals surface area contributed by atoms with Crippen molar-refractivity contribution in [3.63, 3.8) is 0 Å². The summed E-state index contributed by atoms with van der Waals surface area (Å²) in [6.07, 6.45) is 2.44. The maximum absolute atomic E-state index is 9.87. The molecule has 0 fully saturated rings. The van der Waals surface area contributed by atoms with Gasteiger partial charge in [0, 0.05) is 20.3 Å². The van der Waals surface area contributed by atoms with Crippen molar-refractivity contribution in [2.24, 2.45) is 4.99 Å². The largest absolute Gasteiger partial charge is 0.343 e. The van der Waals surface area contributed by atoms with E-state index in [-0.39, 0.29) is 0 Å². The van der Waals surface area contributed by atoms with Crippen molar-refractivity contribution in [2.75, 3.05) is 20.6 Å². The van der Waals surface area contributed by atoms with Gasteiger partial charge in [0.15, 0.2) is 0 Å². The number of aliphatic imine (C=N–C) groups is 1. The number of hydrogen-bond acceptors (Lipinski definition) is 2. The number of hydrogen-bond donors (Lipinski definition) is 0. The lowest BCUT2D eigenvalue weighted by Gasteiger charge is -2.03. The van der Waals surface area contributed by atoms with Crippen LogP contribution in [0, 0.1) is 0 Å².